The zero-order valence-electron chi connectivity index (χ0n) is 18.5. The van der Waals surface area contributed by atoms with Crippen LogP contribution in [0.4, 0.5) is 5.69 Å². The first-order valence-electron chi connectivity index (χ1n) is 10.9. The second kappa shape index (κ2) is 8.64. The van der Waals surface area contributed by atoms with Crippen molar-refractivity contribution in [1.29, 1.82) is 0 Å². The van der Waals surface area contributed by atoms with Crippen LogP contribution in [0.3, 0.4) is 0 Å². The fraction of sp³-hybridized carbons (Fsp3) is 0.440. The SMILES string of the molecule is Cc1ccc(C(=O)Nc2ccc(C)c(C3CC4CNC(C)CC4N(C)C3=O)c2)cc1Cl. The molecule has 164 valence electrons. The smallest absolute Gasteiger partial charge is 0.255 e. The van der Waals surface area contributed by atoms with E-state index < -0.39 is 0 Å². The number of piperidine rings is 2. The van der Waals surface area contributed by atoms with Crippen molar-refractivity contribution in [2.75, 3.05) is 18.9 Å². The van der Waals surface area contributed by atoms with Gasteiger partial charge >= 0.3 is 0 Å². The molecule has 31 heavy (non-hydrogen) atoms. The minimum Gasteiger partial charge on any atom is -0.342 e. The summed E-state index contributed by atoms with van der Waals surface area (Å²) in [5, 5.41) is 7.09. The van der Waals surface area contributed by atoms with Crippen molar-refractivity contribution in [3.05, 3.63) is 63.7 Å². The van der Waals surface area contributed by atoms with Gasteiger partial charge in [-0.2, -0.15) is 0 Å². The van der Waals surface area contributed by atoms with Gasteiger partial charge in [-0.3, -0.25) is 9.59 Å². The Labute approximate surface area is 189 Å². The number of anilines is 1. The molecule has 0 radical (unpaired) electrons. The lowest BCUT2D eigenvalue weighted by Crippen LogP contribution is -2.57. The Morgan fingerprint density at radius 1 is 1.13 bits per heavy atom. The molecule has 0 aliphatic carbocycles. The van der Waals surface area contributed by atoms with Gasteiger partial charge in [-0.15, -0.1) is 0 Å². The number of rotatable bonds is 3. The maximum atomic E-state index is 13.3. The molecule has 2 aliphatic heterocycles. The highest BCUT2D eigenvalue weighted by atomic mass is 35.5. The number of nitrogens with zero attached hydrogens (tertiary/aromatic N) is 1. The molecule has 2 aromatic carbocycles. The molecule has 4 atom stereocenters. The van der Waals surface area contributed by atoms with Gasteiger partial charge in [-0.05, 0) is 80.5 Å². The molecule has 4 rings (SSSR count). The van der Waals surface area contributed by atoms with Crippen LogP contribution < -0.4 is 10.6 Å². The lowest BCUT2D eigenvalue weighted by molar-refractivity contribution is -0.140. The van der Waals surface area contributed by atoms with Crippen molar-refractivity contribution in [3.8, 4) is 0 Å². The summed E-state index contributed by atoms with van der Waals surface area (Å²) in [5.41, 5.74) is 4.19. The number of aryl methyl sites for hydroxylation is 2. The van der Waals surface area contributed by atoms with Crippen molar-refractivity contribution >= 4 is 29.1 Å². The molecule has 0 saturated carbocycles. The van der Waals surface area contributed by atoms with Crippen molar-refractivity contribution in [2.24, 2.45) is 5.92 Å². The predicted octanol–water partition coefficient (Wildman–Crippen LogP) is 4.52. The quantitative estimate of drug-likeness (QED) is 0.739. The topological polar surface area (TPSA) is 61.4 Å². The second-order valence-corrected chi connectivity index (χ2v) is 9.51. The summed E-state index contributed by atoms with van der Waals surface area (Å²) >= 11 is 6.18. The Hall–Kier alpha value is -2.37. The molecular formula is C25H30ClN3O2. The minimum atomic E-state index is -0.214. The van der Waals surface area contributed by atoms with E-state index in [9.17, 15) is 9.59 Å². The van der Waals surface area contributed by atoms with Crippen molar-refractivity contribution < 1.29 is 9.59 Å². The number of carbonyl (C=O) groups excluding carboxylic acids is 2. The molecule has 2 amide bonds. The third-order valence-corrected chi connectivity index (χ3v) is 7.30. The summed E-state index contributed by atoms with van der Waals surface area (Å²) in [7, 11) is 1.94. The third-order valence-electron chi connectivity index (χ3n) is 6.90. The molecule has 2 aliphatic rings. The van der Waals surface area contributed by atoms with Crippen LogP contribution in [0.2, 0.25) is 5.02 Å². The number of likely N-dealkylation sites (tertiary alicyclic amines) is 1. The van der Waals surface area contributed by atoms with Gasteiger partial charge in [0.05, 0.1) is 5.92 Å². The van der Waals surface area contributed by atoms with E-state index in [1.54, 1.807) is 12.1 Å². The van der Waals surface area contributed by atoms with Crippen LogP contribution in [-0.4, -0.2) is 42.4 Å². The van der Waals surface area contributed by atoms with E-state index in [1.807, 2.05) is 50.1 Å². The number of nitrogens with one attached hydrogen (secondary N) is 2. The summed E-state index contributed by atoms with van der Waals surface area (Å²) in [6.07, 6.45) is 1.83. The molecule has 2 N–H and O–H groups in total. The van der Waals surface area contributed by atoms with E-state index >= 15 is 0 Å². The number of benzene rings is 2. The monoisotopic (exact) mass is 439 g/mol. The van der Waals surface area contributed by atoms with Gasteiger partial charge in [0.2, 0.25) is 5.91 Å². The largest absolute Gasteiger partial charge is 0.342 e. The highest BCUT2D eigenvalue weighted by Crippen LogP contribution is 2.39. The summed E-state index contributed by atoms with van der Waals surface area (Å²) in [6, 6.07) is 11.8. The molecule has 4 unspecified atom stereocenters. The fourth-order valence-electron chi connectivity index (χ4n) is 4.95. The Balaban J connectivity index is 1.57. The van der Waals surface area contributed by atoms with Crippen LogP contribution in [0.1, 0.15) is 52.7 Å². The van der Waals surface area contributed by atoms with Crippen molar-refractivity contribution in [3.63, 3.8) is 0 Å². The maximum absolute atomic E-state index is 13.3. The highest BCUT2D eigenvalue weighted by Gasteiger charge is 2.43. The Morgan fingerprint density at radius 3 is 2.61 bits per heavy atom. The van der Waals surface area contributed by atoms with Gasteiger partial charge < -0.3 is 15.5 Å². The Kier molecular flexibility index (Phi) is 6.09. The van der Waals surface area contributed by atoms with E-state index in [0.29, 0.717) is 34.3 Å². The molecule has 6 heteroatoms. The average Bonchev–Trinajstić information content (AvgIpc) is 2.74. The molecule has 0 spiro atoms. The van der Waals surface area contributed by atoms with Gasteiger partial charge in [0.25, 0.3) is 5.91 Å². The molecule has 0 bridgehead atoms. The van der Waals surface area contributed by atoms with E-state index in [-0.39, 0.29) is 17.7 Å². The highest BCUT2D eigenvalue weighted by molar-refractivity contribution is 6.31. The van der Waals surface area contributed by atoms with E-state index in [2.05, 4.69) is 17.6 Å². The van der Waals surface area contributed by atoms with Gasteiger partial charge in [-0.25, -0.2) is 0 Å². The number of hydrogen-bond acceptors (Lipinski definition) is 3. The Morgan fingerprint density at radius 2 is 1.87 bits per heavy atom. The Bertz CT molecular complexity index is 1020. The lowest BCUT2D eigenvalue weighted by atomic mass is 9.75. The maximum Gasteiger partial charge on any atom is 0.255 e. The number of carbonyl (C=O) groups is 2. The molecule has 2 fully saturated rings. The van der Waals surface area contributed by atoms with Crippen LogP contribution in [0.15, 0.2) is 36.4 Å². The molecule has 5 nitrogen and oxygen atoms in total. The molecule has 2 saturated heterocycles. The molecule has 2 aromatic rings. The first-order valence-corrected chi connectivity index (χ1v) is 11.3. The van der Waals surface area contributed by atoms with Crippen LogP contribution >= 0.6 is 11.6 Å². The van der Waals surface area contributed by atoms with Gasteiger partial charge in [0.1, 0.15) is 0 Å². The summed E-state index contributed by atoms with van der Waals surface area (Å²) < 4.78 is 0. The van der Waals surface area contributed by atoms with Crippen LogP contribution in [0.5, 0.6) is 0 Å². The van der Waals surface area contributed by atoms with E-state index in [0.717, 1.165) is 36.1 Å². The normalized spacial score (nSPS) is 25.8. The van der Waals surface area contributed by atoms with Crippen molar-refractivity contribution in [1.82, 2.24) is 10.2 Å². The number of hydrogen-bond donors (Lipinski definition) is 2. The number of amides is 2. The van der Waals surface area contributed by atoms with Crippen LogP contribution in [0, 0.1) is 19.8 Å². The van der Waals surface area contributed by atoms with Gasteiger partial charge in [0.15, 0.2) is 0 Å². The molecule has 0 aromatic heterocycles. The van der Waals surface area contributed by atoms with Gasteiger partial charge in [0, 0.05) is 41.9 Å². The zero-order valence-corrected chi connectivity index (χ0v) is 19.3. The first kappa shape index (κ1) is 21.8. The zero-order chi connectivity index (χ0) is 22.3. The van der Waals surface area contributed by atoms with Crippen LogP contribution in [0.25, 0.3) is 0 Å². The summed E-state index contributed by atoms with van der Waals surface area (Å²) in [4.78, 5) is 28.0. The lowest BCUT2D eigenvalue weighted by Gasteiger charge is -2.47. The van der Waals surface area contributed by atoms with Crippen molar-refractivity contribution in [2.45, 2.75) is 51.6 Å². The number of likely N-dealkylation sites (N-methyl/N-ethyl adjacent to an activating group) is 1. The summed E-state index contributed by atoms with van der Waals surface area (Å²) in [5.74, 6) is 0.213. The number of halogens is 1. The van der Waals surface area contributed by atoms with E-state index in [4.69, 9.17) is 11.6 Å². The van der Waals surface area contributed by atoms with Crippen LogP contribution in [-0.2, 0) is 4.79 Å². The molecular weight excluding hydrogens is 410 g/mol. The first-order chi connectivity index (χ1) is 14.7. The minimum absolute atomic E-state index is 0.173. The predicted molar refractivity (Wildman–Crippen MR) is 125 cm³/mol. The number of fused-ring (bicyclic) bond motifs is 1. The standard InChI is InChI=1S/C25H30ClN3O2/c1-14-6-8-19(28-24(30)17-7-5-15(2)22(26)11-17)12-20(14)21-10-18-13-27-16(3)9-23(18)29(4)25(21)31/h5-8,11-12,16,18,21,23,27H,9-10,13H2,1-4H3,(H,28,30). The summed E-state index contributed by atoms with van der Waals surface area (Å²) in [6.45, 7) is 7.05. The third kappa shape index (κ3) is 4.35. The second-order valence-electron chi connectivity index (χ2n) is 9.10. The molecule has 2 heterocycles. The average molecular weight is 440 g/mol. The van der Waals surface area contributed by atoms with E-state index in [1.165, 1.54) is 0 Å². The van der Waals surface area contributed by atoms with Gasteiger partial charge in [-0.1, -0.05) is 23.7 Å². The fourth-order valence-corrected chi connectivity index (χ4v) is 5.13.